The Labute approximate surface area is 118 Å². The highest BCUT2D eigenvalue weighted by molar-refractivity contribution is 6.06. The first-order chi connectivity index (χ1) is 9.82. The van der Waals surface area contributed by atoms with Crippen molar-refractivity contribution < 1.29 is 18.0 Å². The number of rotatable bonds is 3. The van der Waals surface area contributed by atoms with Crippen LogP contribution >= 0.6 is 0 Å². The molecule has 0 radical (unpaired) electrons. The molecule has 0 aliphatic heterocycles. The fraction of sp³-hybridized carbons (Fsp3) is 0.231. The third kappa shape index (κ3) is 3.15. The number of anilines is 2. The Morgan fingerprint density at radius 2 is 2.05 bits per heavy atom. The minimum absolute atomic E-state index is 0.103. The van der Waals surface area contributed by atoms with Gasteiger partial charge in [0.05, 0.1) is 16.9 Å². The molecule has 0 unspecified atom stereocenters. The number of nitrogen functional groups attached to an aromatic ring is 1. The van der Waals surface area contributed by atoms with E-state index in [4.69, 9.17) is 5.73 Å². The van der Waals surface area contributed by atoms with Gasteiger partial charge in [0.2, 0.25) is 0 Å². The van der Waals surface area contributed by atoms with Gasteiger partial charge >= 0.3 is 6.18 Å². The number of halogens is 3. The second-order valence-electron chi connectivity index (χ2n) is 4.29. The van der Waals surface area contributed by atoms with Crippen molar-refractivity contribution in [1.82, 2.24) is 9.78 Å². The quantitative estimate of drug-likeness (QED) is 0.915. The number of aromatic nitrogens is 2. The second-order valence-corrected chi connectivity index (χ2v) is 4.29. The average molecular weight is 298 g/mol. The van der Waals surface area contributed by atoms with Crippen molar-refractivity contribution in [3.63, 3.8) is 0 Å². The Morgan fingerprint density at radius 1 is 1.38 bits per heavy atom. The number of nitrogens with two attached hydrogens (primary N) is 1. The molecule has 0 bridgehead atoms. The molecule has 0 spiro atoms. The van der Waals surface area contributed by atoms with E-state index in [2.05, 4.69) is 10.4 Å². The third-order valence-corrected chi connectivity index (χ3v) is 2.81. The van der Waals surface area contributed by atoms with Crippen LogP contribution in [0.15, 0.2) is 30.5 Å². The van der Waals surface area contributed by atoms with Gasteiger partial charge in [-0.15, -0.1) is 0 Å². The number of aryl methyl sites for hydroxylation is 1. The zero-order valence-electron chi connectivity index (χ0n) is 11.1. The summed E-state index contributed by atoms with van der Waals surface area (Å²) in [5.74, 6) is -0.781. The third-order valence-electron chi connectivity index (χ3n) is 2.81. The topological polar surface area (TPSA) is 72.9 Å². The molecule has 1 heterocycles. The van der Waals surface area contributed by atoms with E-state index >= 15 is 0 Å². The van der Waals surface area contributed by atoms with Crippen molar-refractivity contribution in [1.29, 1.82) is 0 Å². The summed E-state index contributed by atoms with van der Waals surface area (Å²) in [6, 6.07) is 4.72. The van der Waals surface area contributed by atoms with E-state index in [1.54, 1.807) is 6.92 Å². The summed E-state index contributed by atoms with van der Waals surface area (Å²) < 4.78 is 40.0. The Hall–Kier alpha value is -2.51. The van der Waals surface area contributed by atoms with Gasteiger partial charge in [0.15, 0.2) is 5.69 Å². The summed E-state index contributed by atoms with van der Waals surface area (Å²) in [7, 11) is 0. The predicted molar refractivity (Wildman–Crippen MR) is 71.7 cm³/mol. The first-order valence-corrected chi connectivity index (χ1v) is 6.13. The van der Waals surface area contributed by atoms with Crippen LogP contribution in [0.25, 0.3) is 0 Å². The van der Waals surface area contributed by atoms with Gasteiger partial charge in [-0.05, 0) is 19.1 Å². The summed E-state index contributed by atoms with van der Waals surface area (Å²) in [6.45, 7) is 2.30. The first kappa shape index (κ1) is 14.9. The highest BCUT2D eigenvalue weighted by atomic mass is 19.4. The van der Waals surface area contributed by atoms with Gasteiger partial charge in [-0.1, -0.05) is 12.1 Å². The predicted octanol–water partition coefficient (Wildman–Crippen LogP) is 2.76. The molecule has 0 aliphatic rings. The fourth-order valence-electron chi connectivity index (χ4n) is 1.80. The first-order valence-electron chi connectivity index (χ1n) is 6.13. The molecule has 1 aromatic heterocycles. The maximum absolute atomic E-state index is 12.8. The highest BCUT2D eigenvalue weighted by Crippen LogP contribution is 2.34. The molecule has 3 N–H and O–H groups in total. The number of benzene rings is 1. The molecule has 1 aromatic carbocycles. The van der Waals surface area contributed by atoms with Crippen LogP contribution in [0.4, 0.5) is 24.5 Å². The lowest BCUT2D eigenvalue weighted by Gasteiger charge is -2.12. The molecule has 2 aromatic rings. The van der Waals surface area contributed by atoms with Crippen LogP contribution in [0.1, 0.15) is 23.0 Å². The summed E-state index contributed by atoms with van der Waals surface area (Å²) in [5.41, 5.74) is 4.38. The maximum atomic E-state index is 12.8. The van der Waals surface area contributed by atoms with Crippen LogP contribution < -0.4 is 11.1 Å². The molecule has 0 atom stereocenters. The van der Waals surface area contributed by atoms with Crippen molar-refractivity contribution in [3.05, 3.63) is 41.7 Å². The Bertz CT molecular complexity index is 664. The Balaban J connectivity index is 2.30. The SMILES string of the molecule is CCn1cc(N)c(C(=O)Nc2ccccc2C(F)(F)F)n1. The van der Waals surface area contributed by atoms with Gasteiger partial charge in [-0.3, -0.25) is 9.48 Å². The van der Waals surface area contributed by atoms with E-state index in [1.807, 2.05) is 0 Å². The summed E-state index contributed by atoms with van der Waals surface area (Å²) in [6.07, 6.45) is -3.11. The molecule has 0 fully saturated rings. The molecule has 2 rings (SSSR count). The Kier molecular flexibility index (Phi) is 3.88. The molecule has 0 saturated carbocycles. The normalized spacial score (nSPS) is 11.4. The number of nitrogens with one attached hydrogen (secondary N) is 1. The van der Waals surface area contributed by atoms with Crippen molar-refractivity contribution in [2.75, 3.05) is 11.1 Å². The van der Waals surface area contributed by atoms with Gasteiger partial charge in [0, 0.05) is 12.7 Å². The fourth-order valence-corrected chi connectivity index (χ4v) is 1.80. The minimum atomic E-state index is -4.56. The van der Waals surface area contributed by atoms with E-state index in [0.717, 1.165) is 6.07 Å². The lowest BCUT2D eigenvalue weighted by molar-refractivity contribution is -0.136. The lowest BCUT2D eigenvalue weighted by Crippen LogP contribution is -2.18. The molecule has 0 saturated heterocycles. The standard InChI is InChI=1S/C13H13F3N4O/c1-2-20-7-9(17)11(19-20)12(21)18-10-6-4-3-5-8(10)13(14,15)16/h3-7H,2,17H2,1H3,(H,18,21). The van der Waals surface area contributed by atoms with Crippen LogP contribution in [0.3, 0.4) is 0 Å². The molecule has 112 valence electrons. The minimum Gasteiger partial charge on any atom is -0.396 e. The summed E-state index contributed by atoms with van der Waals surface area (Å²) in [4.78, 5) is 12.0. The number of hydrogen-bond donors (Lipinski definition) is 2. The maximum Gasteiger partial charge on any atom is 0.418 e. The van der Waals surface area contributed by atoms with Crippen LogP contribution in [0, 0.1) is 0 Å². The van der Waals surface area contributed by atoms with Crippen LogP contribution in [0.2, 0.25) is 0 Å². The Morgan fingerprint density at radius 3 is 2.62 bits per heavy atom. The highest BCUT2D eigenvalue weighted by Gasteiger charge is 2.33. The van der Waals surface area contributed by atoms with Crippen LogP contribution in [-0.4, -0.2) is 15.7 Å². The van der Waals surface area contributed by atoms with E-state index in [0.29, 0.717) is 6.54 Å². The molecule has 5 nitrogen and oxygen atoms in total. The largest absolute Gasteiger partial charge is 0.418 e. The van der Waals surface area contributed by atoms with Gasteiger partial charge in [0.1, 0.15) is 0 Å². The van der Waals surface area contributed by atoms with Gasteiger partial charge in [0.25, 0.3) is 5.91 Å². The van der Waals surface area contributed by atoms with Crippen LogP contribution in [-0.2, 0) is 12.7 Å². The number of nitrogens with zero attached hydrogens (tertiary/aromatic N) is 2. The molecule has 0 aliphatic carbocycles. The van der Waals surface area contributed by atoms with Crippen molar-refractivity contribution in [2.45, 2.75) is 19.6 Å². The van der Waals surface area contributed by atoms with Gasteiger partial charge in [-0.25, -0.2) is 0 Å². The lowest BCUT2D eigenvalue weighted by atomic mass is 10.1. The molecular weight excluding hydrogens is 285 g/mol. The smallest absolute Gasteiger partial charge is 0.396 e. The average Bonchev–Trinajstić information content (AvgIpc) is 2.79. The van der Waals surface area contributed by atoms with Gasteiger partial charge in [-0.2, -0.15) is 18.3 Å². The zero-order valence-corrected chi connectivity index (χ0v) is 11.1. The molecule has 8 heteroatoms. The van der Waals surface area contributed by atoms with E-state index < -0.39 is 17.6 Å². The van der Waals surface area contributed by atoms with Crippen molar-refractivity contribution in [2.24, 2.45) is 0 Å². The summed E-state index contributed by atoms with van der Waals surface area (Å²) in [5, 5.41) is 6.11. The number of carbonyl (C=O) groups is 1. The van der Waals surface area contributed by atoms with Crippen molar-refractivity contribution in [3.8, 4) is 0 Å². The van der Waals surface area contributed by atoms with Crippen LogP contribution in [0.5, 0.6) is 0 Å². The monoisotopic (exact) mass is 298 g/mol. The molecule has 21 heavy (non-hydrogen) atoms. The van der Waals surface area contributed by atoms with Gasteiger partial charge < -0.3 is 11.1 Å². The number of alkyl halides is 3. The number of para-hydroxylation sites is 1. The number of hydrogen-bond acceptors (Lipinski definition) is 3. The van der Waals surface area contributed by atoms with E-state index in [1.165, 1.54) is 29.1 Å². The van der Waals surface area contributed by atoms with Crippen molar-refractivity contribution >= 4 is 17.3 Å². The molecular formula is C13H13F3N4O. The second kappa shape index (κ2) is 5.47. The summed E-state index contributed by atoms with van der Waals surface area (Å²) >= 11 is 0. The number of carbonyl (C=O) groups excluding carboxylic acids is 1. The molecule has 1 amide bonds. The van der Waals surface area contributed by atoms with E-state index in [9.17, 15) is 18.0 Å². The zero-order chi connectivity index (χ0) is 15.6. The number of amides is 1. The van der Waals surface area contributed by atoms with E-state index in [-0.39, 0.29) is 17.1 Å².